The molecule has 6 heteroatoms. The molecule has 26 heavy (non-hydrogen) atoms. The molecule has 0 saturated heterocycles. The van der Waals surface area contributed by atoms with E-state index in [9.17, 15) is 4.79 Å². The number of hydrogen-bond acceptors (Lipinski definition) is 5. The fourth-order valence-corrected chi connectivity index (χ4v) is 3.94. The number of para-hydroxylation sites is 1. The molecule has 0 spiro atoms. The first kappa shape index (κ1) is 18.3. The number of carbonyl (C=O) groups is 1. The van der Waals surface area contributed by atoms with Crippen molar-refractivity contribution >= 4 is 28.5 Å². The van der Waals surface area contributed by atoms with Crippen LogP contribution in [0.5, 0.6) is 5.75 Å². The highest BCUT2D eigenvalue weighted by atomic mass is 32.2. The fraction of sp³-hybridized carbons (Fsp3) is 0.300. The lowest BCUT2D eigenvalue weighted by Gasteiger charge is -2.30. The van der Waals surface area contributed by atoms with Gasteiger partial charge >= 0.3 is 0 Å². The molecule has 1 heterocycles. The number of carbonyl (C=O) groups excluding carboxylic acids is 1. The third-order valence-electron chi connectivity index (χ3n) is 4.37. The van der Waals surface area contributed by atoms with Crippen molar-refractivity contribution in [2.24, 2.45) is 10.7 Å². The van der Waals surface area contributed by atoms with Crippen LogP contribution in [0.2, 0.25) is 0 Å². The first-order valence-corrected chi connectivity index (χ1v) is 9.62. The van der Waals surface area contributed by atoms with Crippen molar-refractivity contribution in [2.75, 3.05) is 17.7 Å². The number of nitrogens with one attached hydrogen (secondary N) is 1. The third kappa shape index (κ3) is 4.02. The molecule has 0 radical (unpaired) electrons. The molecule has 1 atom stereocenters. The number of nitrogens with zero attached hydrogens (tertiary/aromatic N) is 1. The van der Waals surface area contributed by atoms with Crippen LogP contribution in [0.1, 0.15) is 36.2 Å². The van der Waals surface area contributed by atoms with Gasteiger partial charge in [-0.1, -0.05) is 36.0 Å². The molecule has 1 unspecified atom stereocenters. The summed E-state index contributed by atoms with van der Waals surface area (Å²) in [7, 11) is 0. The van der Waals surface area contributed by atoms with Gasteiger partial charge in [0.1, 0.15) is 5.75 Å². The normalized spacial score (nSPS) is 19.5. The molecular formula is C20H23N3O2S. The number of nitrogens with two attached hydrogens (primary N) is 1. The van der Waals surface area contributed by atoms with Crippen LogP contribution in [0.15, 0.2) is 53.5 Å². The average Bonchev–Trinajstić information content (AvgIpc) is 2.62. The van der Waals surface area contributed by atoms with E-state index in [1.807, 2.05) is 43.3 Å². The quantitative estimate of drug-likeness (QED) is 0.835. The SMILES string of the molecule is CCOc1ccccc1C(=O)Nc1cccc(C2(C)CCSC(N)=N2)c1. The van der Waals surface area contributed by atoms with Gasteiger partial charge in [0.2, 0.25) is 0 Å². The number of ether oxygens (including phenoxy) is 1. The standard InChI is InChI=1S/C20H23N3O2S/c1-3-25-17-10-5-4-9-16(17)18(24)22-15-8-6-7-14(13-15)20(2)11-12-26-19(21)23-20/h4-10,13H,3,11-12H2,1-2H3,(H2,21,23)(H,22,24). The lowest BCUT2D eigenvalue weighted by Crippen LogP contribution is -2.28. The zero-order valence-corrected chi connectivity index (χ0v) is 15.8. The Kier molecular flexibility index (Phi) is 5.52. The van der Waals surface area contributed by atoms with Crippen molar-refractivity contribution in [3.63, 3.8) is 0 Å². The van der Waals surface area contributed by atoms with E-state index < -0.39 is 0 Å². The maximum atomic E-state index is 12.7. The maximum absolute atomic E-state index is 12.7. The Morgan fingerprint density at radius 3 is 2.88 bits per heavy atom. The number of thioether (sulfide) groups is 1. The summed E-state index contributed by atoms with van der Waals surface area (Å²) < 4.78 is 5.55. The summed E-state index contributed by atoms with van der Waals surface area (Å²) in [6.07, 6.45) is 0.906. The molecule has 0 aliphatic carbocycles. The van der Waals surface area contributed by atoms with E-state index in [1.54, 1.807) is 23.9 Å². The average molecular weight is 369 g/mol. The van der Waals surface area contributed by atoms with E-state index in [0.717, 1.165) is 23.4 Å². The van der Waals surface area contributed by atoms with Crippen molar-refractivity contribution in [3.05, 3.63) is 59.7 Å². The molecule has 5 nitrogen and oxygen atoms in total. The first-order valence-electron chi connectivity index (χ1n) is 8.63. The number of aliphatic imine (C=N–C) groups is 1. The highest BCUT2D eigenvalue weighted by Crippen LogP contribution is 2.36. The number of benzene rings is 2. The van der Waals surface area contributed by atoms with Crippen LogP contribution in [-0.4, -0.2) is 23.4 Å². The van der Waals surface area contributed by atoms with E-state index in [4.69, 9.17) is 10.5 Å². The largest absolute Gasteiger partial charge is 0.493 e. The minimum atomic E-state index is -0.362. The minimum Gasteiger partial charge on any atom is -0.493 e. The van der Waals surface area contributed by atoms with E-state index >= 15 is 0 Å². The van der Waals surface area contributed by atoms with E-state index in [-0.39, 0.29) is 11.4 Å². The van der Waals surface area contributed by atoms with Crippen molar-refractivity contribution in [1.82, 2.24) is 0 Å². The van der Waals surface area contributed by atoms with Gasteiger partial charge in [-0.25, -0.2) is 0 Å². The lowest BCUT2D eigenvalue weighted by molar-refractivity contribution is 0.102. The van der Waals surface area contributed by atoms with Crippen LogP contribution in [0.3, 0.4) is 0 Å². The summed E-state index contributed by atoms with van der Waals surface area (Å²) in [5.74, 6) is 1.32. The van der Waals surface area contributed by atoms with Gasteiger partial charge < -0.3 is 15.8 Å². The molecule has 0 fully saturated rings. The molecule has 0 saturated carbocycles. The third-order valence-corrected chi connectivity index (χ3v) is 5.16. The molecule has 2 aromatic rings. The van der Waals surface area contributed by atoms with Crippen molar-refractivity contribution in [3.8, 4) is 5.75 Å². The van der Waals surface area contributed by atoms with Gasteiger partial charge in [0.25, 0.3) is 5.91 Å². The van der Waals surface area contributed by atoms with E-state index in [0.29, 0.717) is 23.1 Å². The summed E-state index contributed by atoms with van der Waals surface area (Å²) in [6, 6.07) is 15.0. The minimum absolute atomic E-state index is 0.196. The number of anilines is 1. The number of amides is 1. The van der Waals surface area contributed by atoms with Crippen LogP contribution in [-0.2, 0) is 5.54 Å². The van der Waals surface area contributed by atoms with Gasteiger partial charge in [-0.3, -0.25) is 9.79 Å². The van der Waals surface area contributed by atoms with Crippen LogP contribution >= 0.6 is 11.8 Å². The fourth-order valence-electron chi connectivity index (χ4n) is 2.96. The predicted molar refractivity (Wildman–Crippen MR) is 108 cm³/mol. The zero-order valence-electron chi connectivity index (χ0n) is 15.0. The highest BCUT2D eigenvalue weighted by molar-refractivity contribution is 8.13. The van der Waals surface area contributed by atoms with Gasteiger partial charge in [-0.15, -0.1) is 0 Å². The second-order valence-electron chi connectivity index (χ2n) is 6.29. The van der Waals surface area contributed by atoms with Crippen LogP contribution < -0.4 is 15.8 Å². The predicted octanol–water partition coefficient (Wildman–Crippen LogP) is 4.00. The molecule has 3 N–H and O–H groups in total. The Hall–Kier alpha value is -2.47. The summed E-state index contributed by atoms with van der Waals surface area (Å²) in [4.78, 5) is 17.3. The van der Waals surface area contributed by atoms with Gasteiger partial charge in [0.05, 0.1) is 17.7 Å². The Balaban J connectivity index is 1.84. The van der Waals surface area contributed by atoms with Crippen LogP contribution in [0.4, 0.5) is 5.69 Å². The Labute approximate surface area is 158 Å². The second kappa shape index (κ2) is 7.83. The number of amidine groups is 1. The molecule has 1 aliphatic heterocycles. The molecule has 0 aromatic heterocycles. The first-order chi connectivity index (χ1) is 12.5. The lowest BCUT2D eigenvalue weighted by atomic mass is 9.89. The summed E-state index contributed by atoms with van der Waals surface area (Å²) in [6.45, 7) is 4.48. The van der Waals surface area contributed by atoms with Crippen molar-refractivity contribution < 1.29 is 9.53 Å². The molecule has 1 aliphatic rings. The Morgan fingerprint density at radius 2 is 2.12 bits per heavy atom. The van der Waals surface area contributed by atoms with Gasteiger partial charge in [0.15, 0.2) is 5.17 Å². The zero-order chi connectivity index (χ0) is 18.6. The Bertz CT molecular complexity index is 837. The van der Waals surface area contributed by atoms with Gasteiger partial charge in [0, 0.05) is 11.4 Å². The monoisotopic (exact) mass is 369 g/mol. The summed E-state index contributed by atoms with van der Waals surface area (Å²) in [5.41, 5.74) is 7.84. The molecular weight excluding hydrogens is 346 g/mol. The number of hydrogen-bond donors (Lipinski definition) is 2. The maximum Gasteiger partial charge on any atom is 0.259 e. The van der Waals surface area contributed by atoms with E-state index in [1.165, 1.54) is 0 Å². The molecule has 2 aromatic carbocycles. The van der Waals surface area contributed by atoms with E-state index in [2.05, 4.69) is 17.2 Å². The van der Waals surface area contributed by atoms with Crippen LogP contribution in [0.25, 0.3) is 0 Å². The molecule has 1 amide bonds. The van der Waals surface area contributed by atoms with Crippen molar-refractivity contribution in [2.45, 2.75) is 25.8 Å². The topological polar surface area (TPSA) is 76.7 Å². The van der Waals surface area contributed by atoms with Crippen molar-refractivity contribution in [1.29, 1.82) is 0 Å². The number of rotatable bonds is 5. The summed E-state index contributed by atoms with van der Waals surface area (Å²) in [5, 5.41) is 3.57. The summed E-state index contributed by atoms with van der Waals surface area (Å²) >= 11 is 1.58. The Morgan fingerprint density at radius 1 is 1.31 bits per heavy atom. The van der Waals surface area contributed by atoms with Gasteiger partial charge in [-0.05, 0) is 50.1 Å². The molecule has 136 valence electrons. The smallest absolute Gasteiger partial charge is 0.259 e. The highest BCUT2D eigenvalue weighted by Gasteiger charge is 2.29. The second-order valence-corrected chi connectivity index (χ2v) is 7.40. The molecule has 0 bridgehead atoms. The van der Waals surface area contributed by atoms with Gasteiger partial charge in [-0.2, -0.15) is 0 Å². The van der Waals surface area contributed by atoms with Crippen LogP contribution in [0, 0.1) is 0 Å². The molecule has 3 rings (SSSR count).